The van der Waals surface area contributed by atoms with Crippen molar-refractivity contribution in [1.82, 2.24) is 14.6 Å². The minimum absolute atomic E-state index is 0.0380. The largest absolute Gasteiger partial charge is 0.613 e. The van der Waals surface area contributed by atoms with Crippen molar-refractivity contribution in [3.8, 4) is 0 Å². The Morgan fingerprint density at radius 3 is 3.00 bits per heavy atom. The molecule has 0 aliphatic carbocycles. The lowest BCUT2D eigenvalue weighted by Crippen LogP contribution is -2.31. The SMILES string of the molecule is CCOC(=O)[C@H](C)N[P+](=O)OC[C@@H]1C[C@H](C)[C@@H](n2ccc(N)nc2=O)O1. The van der Waals surface area contributed by atoms with Crippen LogP contribution in [-0.4, -0.2) is 40.9 Å². The van der Waals surface area contributed by atoms with Gasteiger partial charge >= 0.3 is 19.8 Å². The highest BCUT2D eigenvalue weighted by Crippen LogP contribution is 2.34. The lowest BCUT2D eigenvalue weighted by Gasteiger charge is -2.17. The topological polar surface area (TPSA) is 135 Å². The van der Waals surface area contributed by atoms with Crippen molar-refractivity contribution in [3.05, 3.63) is 22.7 Å². The molecule has 0 radical (unpaired) electrons. The molecule has 1 saturated heterocycles. The predicted molar refractivity (Wildman–Crippen MR) is 93.4 cm³/mol. The summed E-state index contributed by atoms with van der Waals surface area (Å²) in [4.78, 5) is 27.1. The summed E-state index contributed by atoms with van der Waals surface area (Å²) in [6.45, 7) is 5.48. The first kappa shape index (κ1) is 20.4. The number of carbonyl (C=O) groups excluding carboxylic acids is 1. The number of esters is 1. The zero-order valence-electron chi connectivity index (χ0n) is 15.0. The molecule has 1 aliphatic rings. The summed E-state index contributed by atoms with van der Waals surface area (Å²) in [5.41, 5.74) is 5.00. The molecule has 11 heteroatoms. The summed E-state index contributed by atoms with van der Waals surface area (Å²) in [5.74, 6) is -0.313. The number of nitrogens with one attached hydrogen (secondary N) is 1. The minimum atomic E-state index is -2.25. The van der Waals surface area contributed by atoms with Crippen LogP contribution in [0.15, 0.2) is 17.1 Å². The van der Waals surface area contributed by atoms with Crippen molar-refractivity contribution in [3.63, 3.8) is 0 Å². The van der Waals surface area contributed by atoms with E-state index in [9.17, 15) is 14.2 Å². The van der Waals surface area contributed by atoms with Crippen molar-refractivity contribution in [2.75, 3.05) is 18.9 Å². The van der Waals surface area contributed by atoms with E-state index in [0.29, 0.717) is 6.42 Å². The van der Waals surface area contributed by atoms with Gasteiger partial charge in [0, 0.05) is 12.1 Å². The van der Waals surface area contributed by atoms with Crippen LogP contribution in [0.25, 0.3) is 0 Å². The van der Waals surface area contributed by atoms with Gasteiger partial charge in [-0.15, -0.1) is 4.52 Å². The van der Waals surface area contributed by atoms with Crippen LogP contribution >= 0.6 is 8.18 Å². The number of carbonyl (C=O) groups is 1. The number of hydrogen-bond acceptors (Lipinski definition) is 8. The van der Waals surface area contributed by atoms with Gasteiger partial charge in [0.05, 0.1) is 12.7 Å². The Morgan fingerprint density at radius 1 is 1.62 bits per heavy atom. The number of nitrogens with zero attached hydrogens (tertiary/aromatic N) is 2. The first-order valence-corrected chi connectivity index (χ1v) is 9.52. The fraction of sp³-hybridized carbons (Fsp3) is 0.667. The molecule has 1 aromatic rings. The van der Waals surface area contributed by atoms with Crippen LogP contribution in [0.5, 0.6) is 0 Å². The van der Waals surface area contributed by atoms with Crippen molar-refractivity contribution in [1.29, 1.82) is 0 Å². The summed E-state index contributed by atoms with van der Waals surface area (Å²) in [6.07, 6.45) is 1.34. The first-order valence-electron chi connectivity index (χ1n) is 8.35. The molecule has 144 valence electrons. The minimum Gasteiger partial charge on any atom is -0.465 e. The highest BCUT2D eigenvalue weighted by Gasteiger charge is 2.37. The predicted octanol–water partition coefficient (Wildman–Crippen LogP) is 0.964. The third kappa shape index (κ3) is 5.31. The van der Waals surface area contributed by atoms with Gasteiger partial charge in [-0.05, 0) is 30.9 Å². The molecule has 3 N–H and O–H groups in total. The van der Waals surface area contributed by atoms with Gasteiger partial charge < -0.3 is 15.2 Å². The van der Waals surface area contributed by atoms with E-state index in [-0.39, 0.29) is 31.1 Å². The Bertz CT molecular complexity index is 712. The normalized spacial score (nSPS) is 24.3. The second-order valence-electron chi connectivity index (χ2n) is 6.06. The molecule has 0 saturated carbocycles. The number of ether oxygens (including phenoxy) is 2. The van der Waals surface area contributed by atoms with E-state index in [4.69, 9.17) is 19.7 Å². The summed E-state index contributed by atoms with van der Waals surface area (Å²) < 4.78 is 29.2. The maximum absolute atomic E-state index is 11.9. The van der Waals surface area contributed by atoms with Crippen LogP contribution in [-0.2, 0) is 23.4 Å². The summed E-state index contributed by atoms with van der Waals surface area (Å²) in [6, 6.07) is 0.785. The third-order valence-corrected chi connectivity index (χ3v) is 4.88. The molecule has 26 heavy (non-hydrogen) atoms. The molecule has 1 aliphatic heterocycles. The maximum atomic E-state index is 11.9. The summed E-state index contributed by atoms with van der Waals surface area (Å²) in [5, 5.41) is 2.54. The van der Waals surface area contributed by atoms with Crippen molar-refractivity contribution >= 4 is 20.0 Å². The Hall–Kier alpha value is -1.87. The molecule has 0 spiro atoms. The number of hydrogen-bond donors (Lipinski definition) is 2. The molecule has 0 bridgehead atoms. The summed E-state index contributed by atoms with van der Waals surface area (Å²) in [7, 11) is -2.25. The number of nitrogens with two attached hydrogens (primary N) is 1. The van der Waals surface area contributed by atoms with Crippen molar-refractivity contribution in [2.45, 2.75) is 45.6 Å². The van der Waals surface area contributed by atoms with Crippen LogP contribution in [0.3, 0.4) is 0 Å². The Morgan fingerprint density at radius 2 is 2.35 bits per heavy atom. The number of aromatic nitrogens is 2. The molecule has 2 rings (SSSR count). The molecule has 5 atom stereocenters. The van der Waals surface area contributed by atoms with E-state index < -0.39 is 32.1 Å². The van der Waals surface area contributed by atoms with E-state index in [1.54, 1.807) is 13.8 Å². The van der Waals surface area contributed by atoms with Crippen molar-refractivity contribution in [2.24, 2.45) is 5.92 Å². The van der Waals surface area contributed by atoms with Crippen LogP contribution in [0.4, 0.5) is 5.82 Å². The van der Waals surface area contributed by atoms with E-state index in [1.165, 1.54) is 16.8 Å². The molecule has 1 fully saturated rings. The fourth-order valence-corrected chi connectivity index (χ4v) is 3.45. The molecular formula is C15H24N4O6P+. The zero-order chi connectivity index (χ0) is 19.3. The van der Waals surface area contributed by atoms with Gasteiger partial charge in [0.1, 0.15) is 24.7 Å². The molecule has 10 nitrogen and oxygen atoms in total. The van der Waals surface area contributed by atoms with Gasteiger partial charge in [-0.25, -0.2) is 4.79 Å². The second kappa shape index (κ2) is 9.18. The van der Waals surface area contributed by atoms with Gasteiger partial charge in [-0.1, -0.05) is 12.0 Å². The van der Waals surface area contributed by atoms with Gasteiger partial charge in [-0.3, -0.25) is 9.36 Å². The highest BCUT2D eigenvalue weighted by atomic mass is 31.1. The average Bonchev–Trinajstić information content (AvgIpc) is 2.94. The van der Waals surface area contributed by atoms with E-state index in [1.807, 2.05) is 6.92 Å². The van der Waals surface area contributed by atoms with Crippen LogP contribution in [0, 0.1) is 5.92 Å². The van der Waals surface area contributed by atoms with E-state index in [2.05, 4.69) is 10.1 Å². The highest BCUT2D eigenvalue weighted by molar-refractivity contribution is 7.36. The van der Waals surface area contributed by atoms with Crippen LogP contribution in [0.1, 0.15) is 33.4 Å². The fourth-order valence-electron chi connectivity index (χ4n) is 2.65. The molecule has 1 unspecified atom stereocenters. The Kier molecular flexibility index (Phi) is 7.22. The number of nitrogen functional groups attached to an aromatic ring is 1. The zero-order valence-corrected chi connectivity index (χ0v) is 15.8. The summed E-state index contributed by atoms with van der Waals surface area (Å²) >= 11 is 0. The molecular weight excluding hydrogens is 363 g/mol. The van der Waals surface area contributed by atoms with Crippen molar-refractivity contribution < 1.29 is 23.4 Å². The lowest BCUT2D eigenvalue weighted by molar-refractivity contribution is -0.144. The average molecular weight is 387 g/mol. The van der Waals surface area contributed by atoms with Gasteiger partial charge in [-0.2, -0.15) is 4.98 Å². The molecule has 2 heterocycles. The second-order valence-corrected chi connectivity index (χ2v) is 7.09. The third-order valence-electron chi connectivity index (χ3n) is 3.90. The lowest BCUT2D eigenvalue weighted by atomic mass is 10.1. The van der Waals surface area contributed by atoms with Gasteiger partial charge in [0.2, 0.25) is 0 Å². The van der Waals surface area contributed by atoms with Crippen LogP contribution < -0.4 is 16.5 Å². The Balaban J connectivity index is 1.85. The number of anilines is 1. The molecule has 1 aromatic heterocycles. The first-order chi connectivity index (χ1) is 12.3. The van der Waals surface area contributed by atoms with E-state index in [0.717, 1.165) is 0 Å². The smallest absolute Gasteiger partial charge is 0.465 e. The quantitative estimate of drug-likeness (QED) is 0.494. The molecule has 0 amide bonds. The standard InChI is InChI=1S/C15H23N4O6P/c1-4-23-14(20)10(3)18-26(22)24-8-11-7-9(2)13(25-11)19-6-5-12(16)17-15(19)21/h5-6,9-11,13H,4,7-8H2,1-3H3,(H2-,16,17,18,21,22)/p+1/t9-,10-,11-,13-/m0/s1. The van der Waals surface area contributed by atoms with Gasteiger partial charge in [0.15, 0.2) is 0 Å². The molecule has 0 aromatic carbocycles. The monoisotopic (exact) mass is 387 g/mol. The Labute approximate surface area is 151 Å². The van der Waals surface area contributed by atoms with Gasteiger partial charge in [0.25, 0.3) is 0 Å². The van der Waals surface area contributed by atoms with Crippen LogP contribution in [0.2, 0.25) is 0 Å². The number of rotatable bonds is 8. The maximum Gasteiger partial charge on any atom is 0.613 e. The van der Waals surface area contributed by atoms with E-state index >= 15 is 0 Å².